The van der Waals surface area contributed by atoms with Gasteiger partial charge < -0.3 is 13.7 Å². The number of nitrogens with zero attached hydrogens (tertiary/aromatic N) is 3. The molecule has 137 heavy (non-hydrogen) atoms. The van der Waals surface area contributed by atoms with Crippen molar-refractivity contribution in [3.8, 4) is 83.8 Å². The lowest BCUT2D eigenvalue weighted by Crippen LogP contribution is -2.37. The van der Waals surface area contributed by atoms with Crippen LogP contribution in [0.25, 0.3) is 257 Å². The van der Waals surface area contributed by atoms with E-state index in [1.54, 1.807) is 0 Å². The van der Waals surface area contributed by atoms with Crippen LogP contribution in [-0.2, 0) is 0 Å². The summed E-state index contributed by atoms with van der Waals surface area (Å²) in [5, 5.41) is 35.0. The van der Waals surface area contributed by atoms with E-state index in [1.807, 2.05) is 0 Å². The Kier molecular flexibility index (Phi) is 19.3. The molecule has 0 fully saturated rings. The van der Waals surface area contributed by atoms with E-state index in [4.69, 9.17) is 0 Å². The fourth-order valence-corrected chi connectivity index (χ4v) is 23.7. The predicted octanol–water partition coefficient (Wildman–Crippen LogP) is 36.4. The Morgan fingerprint density at radius 2 is 0.409 bits per heavy atom. The minimum Gasteiger partial charge on any atom is -0.309 e. The summed E-state index contributed by atoms with van der Waals surface area (Å²) in [6.07, 6.45) is 0. The lowest BCUT2D eigenvalue weighted by atomic mass is 9.86. The molecule has 3 nitrogen and oxygen atoms in total. The molecule has 4 heteroatoms. The zero-order valence-corrected chi connectivity index (χ0v) is 77.2. The lowest BCUT2D eigenvalue weighted by molar-refractivity contribution is 1.19. The van der Waals surface area contributed by atoms with E-state index in [9.17, 15) is 0 Å². The minimum absolute atomic E-state index is 1.17. The van der Waals surface area contributed by atoms with Gasteiger partial charge in [0.1, 0.15) is 0 Å². The minimum atomic E-state index is -1.40. The molecular weight excluding hydrogens is 1670 g/mol. The van der Waals surface area contributed by atoms with Gasteiger partial charge in [0.05, 0.1) is 41.2 Å². The summed E-state index contributed by atoms with van der Waals surface area (Å²) in [5.74, 6) is 0. The van der Waals surface area contributed by atoms with E-state index in [2.05, 4.69) is 531 Å². The molecular formula is C133H91N3Si. The Bertz CT molecular complexity index is 9650. The van der Waals surface area contributed by atoms with Crippen molar-refractivity contribution in [2.75, 3.05) is 0 Å². The van der Waals surface area contributed by atoms with Crippen LogP contribution in [0.1, 0.15) is 0 Å². The van der Waals surface area contributed by atoms with Crippen LogP contribution in [0, 0.1) is 0 Å². The average Bonchev–Trinajstić information content (AvgIpc) is 1.58. The van der Waals surface area contributed by atoms with Crippen LogP contribution in [0.2, 0.25) is 19.6 Å². The molecule has 0 aliphatic heterocycles. The van der Waals surface area contributed by atoms with Crippen molar-refractivity contribution in [3.05, 3.63) is 497 Å². The molecule has 28 rings (SSSR count). The third-order valence-corrected chi connectivity index (χ3v) is 30.8. The average molecular weight is 1760 g/mol. The van der Waals surface area contributed by atoms with Gasteiger partial charge in [-0.05, 0) is 239 Å². The Balaban J connectivity index is 0.000000107. The van der Waals surface area contributed by atoms with Crippen molar-refractivity contribution in [2.45, 2.75) is 19.6 Å². The fraction of sp³-hybridized carbons (Fsp3) is 0.0226. The van der Waals surface area contributed by atoms with E-state index in [1.165, 1.54) is 262 Å². The van der Waals surface area contributed by atoms with Crippen LogP contribution >= 0.6 is 0 Å². The highest BCUT2D eigenvalue weighted by atomic mass is 28.3. The second-order valence-corrected chi connectivity index (χ2v) is 42.6. The SMILES string of the molecule is C[Si](C)(C)c1ccc(-n2c3ccccc3c3c4c5ccccc5c(-c5ccccc5)cc4c4ccccc4c32)cc1.c1ccc(-c2cc(-c3ccccc3)cc(-c3cc4c5ccccc5c5c(c6ccccc6n5-c5ccccc5)c4c4ccccc34)c2)cc1.c1ccc(-n2c3ccccc3c3c4c5ccccc5c(-c5ccc(-c6ccc7ccccc7c6)cc5)cc4c4ccccc4c32)cc1. The fourth-order valence-electron chi connectivity index (χ4n) is 22.6. The van der Waals surface area contributed by atoms with Crippen LogP contribution in [0.5, 0.6) is 0 Å². The zero-order valence-electron chi connectivity index (χ0n) is 76.2. The molecule has 0 saturated heterocycles. The second-order valence-electron chi connectivity index (χ2n) is 37.5. The number of hydrogen-bond acceptors (Lipinski definition) is 0. The standard InChI is InChI=1S/C48H31N.C46H29N.C39H31NSi/c1-4-16-32(17-5-1)34-28-35(33-18-6-2-7-19-33)30-36(29-34)43-31-44-39-23-11-13-25-41(39)48-47(46(44)40-24-12-10-22-38(40)43)42-26-14-15-27-45(42)49(48)37-20-8-3-9-21-37;1-2-14-35(15-3-1)47-43-21-11-10-20-40(43)45-44-38-18-8-6-16-36(38)41(29-42(44)37-17-7-9-19-39(37)46(45)47)32-25-22-31(23-26-32)34-27-24-30-12-4-5-13-33(30)28-34;1-41(2,3)28-23-21-27(22-24-28)40-36-20-12-11-19-33(36)38-37-31-17-9-7-15-29(31)34(26-13-5-4-6-14-26)25-35(37)30-16-8-10-18-32(30)39(38)40/h1-31H;1-29H;4-25H,1-3H3. The second kappa shape index (κ2) is 32.9. The molecule has 0 N–H and O–H groups in total. The van der Waals surface area contributed by atoms with Crippen LogP contribution < -0.4 is 5.19 Å². The van der Waals surface area contributed by atoms with Crippen LogP contribution in [0.15, 0.2) is 497 Å². The summed E-state index contributed by atoms with van der Waals surface area (Å²) in [6.45, 7) is 7.24. The molecule has 0 atom stereocenters. The third-order valence-electron chi connectivity index (χ3n) is 28.8. The molecule has 0 unspecified atom stereocenters. The van der Waals surface area contributed by atoms with Gasteiger partial charge in [0.2, 0.25) is 0 Å². The molecule has 3 aromatic heterocycles. The number of fused-ring (bicyclic) bond motifs is 31. The number of benzene rings is 25. The van der Waals surface area contributed by atoms with E-state index in [0.717, 1.165) is 0 Å². The topological polar surface area (TPSA) is 14.8 Å². The Morgan fingerprint density at radius 1 is 0.146 bits per heavy atom. The van der Waals surface area contributed by atoms with Gasteiger partial charge in [0, 0.05) is 81.7 Å². The molecule has 0 aliphatic rings. The maximum absolute atomic E-state index is 2.50. The molecule has 28 aromatic rings. The van der Waals surface area contributed by atoms with Crippen molar-refractivity contribution in [2.24, 2.45) is 0 Å². The van der Waals surface area contributed by atoms with Crippen LogP contribution in [-0.4, -0.2) is 21.8 Å². The summed E-state index contributed by atoms with van der Waals surface area (Å²) in [7, 11) is -1.40. The van der Waals surface area contributed by atoms with Crippen LogP contribution in [0.3, 0.4) is 0 Å². The van der Waals surface area contributed by atoms with Gasteiger partial charge in [-0.15, -0.1) is 0 Å². The van der Waals surface area contributed by atoms with Crippen molar-refractivity contribution < 1.29 is 0 Å². The predicted molar refractivity (Wildman–Crippen MR) is 593 cm³/mol. The van der Waals surface area contributed by atoms with Gasteiger partial charge >= 0.3 is 0 Å². The van der Waals surface area contributed by atoms with E-state index >= 15 is 0 Å². The molecule has 0 saturated carbocycles. The molecule has 642 valence electrons. The van der Waals surface area contributed by atoms with Crippen molar-refractivity contribution >= 4 is 186 Å². The van der Waals surface area contributed by atoms with Crippen molar-refractivity contribution in [1.29, 1.82) is 0 Å². The number of para-hydroxylation sites is 5. The maximum atomic E-state index is 2.50. The summed E-state index contributed by atoms with van der Waals surface area (Å²) in [6, 6.07) is 183. The van der Waals surface area contributed by atoms with Gasteiger partial charge in [0.25, 0.3) is 0 Å². The molecule has 0 spiro atoms. The molecule has 25 aromatic carbocycles. The largest absolute Gasteiger partial charge is 0.309 e. The van der Waals surface area contributed by atoms with Gasteiger partial charge in [-0.3, -0.25) is 0 Å². The van der Waals surface area contributed by atoms with Gasteiger partial charge in [0.15, 0.2) is 0 Å². The number of rotatable bonds is 10. The zero-order chi connectivity index (χ0) is 90.9. The number of hydrogen-bond donors (Lipinski definition) is 0. The normalized spacial score (nSPS) is 11.9. The molecule has 3 heterocycles. The van der Waals surface area contributed by atoms with Gasteiger partial charge in [-0.1, -0.05) is 425 Å². The Morgan fingerprint density at radius 3 is 0.788 bits per heavy atom. The third kappa shape index (κ3) is 13.4. The highest BCUT2D eigenvalue weighted by molar-refractivity contribution is 6.88. The first-order chi connectivity index (χ1) is 67.7. The maximum Gasteiger partial charge on any atom is 0.0775 e. The molecule has 0 amide bonds. The van der Waals surface area contributed by atoms with Crippen LogP contribution in [0.4, 0.5) is 0 Å². The van der Waals surface area contributed by atoms with E-state index < -0.39 is 8.07 Å². The Labute approximate surface area is 795 Å². The molecule has 0 bridgehead atoms. The summed E-state index contributed by atoms with van der Waals surface area (Å²) in [4.78, 5) is 0. The van der Waals surface area contributed by atoms with Crippen molar-refractivity contribution in [3.63, 3.8) is 0 Å². The van der Waals surface area contributed by atoms with Gasteiger partial charge in [-0.25, -0.2) is 0 Å². The Hall–Kier alpha value is -17.3. The lowest BCUT2D eigenvalue weighted by Gasteiger charge is -2.18. The smallest absolute Gasteiger partial charge is 0.0775 e. The quantitative estimate of drug-likeness (QED) is 0.0958. The van der Waals surface area contributed by atoms with Crippen molar-refractivity contribution in [1.82, 2.24) is 13.7 Å². The van der Waals surface area contributed by atoms with Gasteiger partial charge in [-0.2, -0.15) is 0 Å². The first kappa shape index (κ1) is 80.6. The summed E-state index contributed by atoms with van der Waals surface area (Å²) < 4.78 is 7.42. The first-order valence-corrected chi connectivity index (χ1v) is 51.2. The highest BCUT2D eigenvalue weighted by Crippen LogP contribution is 2.53. The summed E-state index contributed by atoms with van der Waals surface area (Å²) >= 11 is 0. The highest BCUT2D eigenvalue weighted by Gasteiger charge is 2.28. The molecule has 0 aliphatic carbocycles. The monoisotopic (exact) mass is 1760 g/mol. The van der Waals surface area contributed by atoms with E-state index in [0.29, 0.717) is 0 Å². The number of aromatic nitrogens is 3. The summed E-state index contributed by atoms with van der Waals surface area (Å²) in [5.41, 5.74) is 25.9. The molecule has 0 radical (unpaired) electrons. The van der Waals surface area contributed by atoms with E-state index in [-0.39, 0.29) is 0 Å². The first-order valence-electron chi connectivity index (χ1n) is 47.7.